The minimum absolute atomic E-state index is 0.257. The molecular formula is C20H23ClN2O4. The molecule has 2 aromatic rings. The number of benzene rings is 1. The van der Waals surface area contributed by atoms with Gasteiger partial charge in [0.1, 0.15) is 0 Å². The van der Waals surface area contributed by atoms with E-state index in [9.17, 15) is 4.79 Å². The van der Waals surface area contributed by atoms with Gasteiger partial charge in [-0.25, -0.2) is 4.98 Å². The van der Waals surface area contributed by atoms with E-state index >= 15 is 0 Å². The molecule has 0 aliphatic heterocycles. The molecule has 1 aromatic carbocycles. The molecule has 1 amide bonds. The Kier molecular flexibility index (Phi) is 6.40. The predicted octanol–water partition coefficient (Wildman–Crippen LogP) is 3.86. The van der Waals surface area contributed by atoms with E-state index in [4.69, 9.17) is 25.8 Å². The molecule has 0 unspecified atom stereocenters. The summed E-state index contributed by atoms with van der Waals surface area (Å²) < 4.78 is 16.4. The Morgan fingerprint density at radius 3 is 2.74 bits per heavy atom. The molecule has 6 nitrogen and oxygen atoms in total. The van der Waals surface area contributed by atoms with Crippen LogP contribution in [0.25, 0.3) is 0 Å². The Bertz CT molecular complexity index is 791. The fourth-order valence-corrected chi connectivity index (χ4v) is 2.77. The standard InChI is InChI=1S/C20H23ClN2O4/c1-3-26-19-16(21)8-15(9-17(19)25-2)20(24)23-11-14-6-7-18(22-10-14)27-12-13-4-5-13/h6-10,13H,3-5,11-12H2,1-2H3,(H,23,24). The highest BCUT2D eigenvalue weighted by Crippen LogP contribution is 2.36. The van der Waals surface area contributed by atoms with Gasteiger partial charge in [-0.15, -0.1) is 0 Å². The Hall–Kier alpha value is -2.47. The molecule has 0 spiro atoms. The van der Waals surface area contributed by atoms with Crippen molar-refractivity contribution in [3.8, 4) is 17.4 Å². The Balaban J connectivity index is 1.59. The maximum absolute atomic E-state index is 12.4. The molecule has 0 radical (unpaired) electrons. The Labute approximate surface area is 163 Å². The molecule has 1 saturated carbocycles. The summed E-state index contributed by atoms with van der Waals surface area (Å²) in [4.78, 5) is 16.7. The summed E-state index contributed by atoms with van der Waals surface area (Å²) in [5.74, 6) is 1.90. The first kappa shape index (κ1) is 19.3. The molecule has 1 N–H and O–H groups in total. The molecule has 27 heavy (non-hydrogen) atoms. The lowest BCUT2D eigenvalue weighted by Gasteiger charge is -2.13. The molecule has 1 aliphatic carbocycles. The van der Waals surface area contributed by atoms with Crippen molar-refractivity contribution in [2.75, 3.05) is 20.3 Å². The van der Waals surface area contributed by atoms with Gasteiger partial charge in [0.05, 0.1) is 25.3 Å². The summed E-state index contributed by atoms with van der Waals surface area (Å²) in [5, 5.41) is 3.18. The highest BCUT2D eigenvalue weighted by atomic mass is 35.5. The summed E-state index contributed by atoms with van der Waals surface area (Å²) in [6, 6.07) is 6.89. The van der Waals surface area contributed by atoms with Crippen LogP contribution in [-0.2, 0) is 6.54 Å². The molecule has 0 atom stereocenters. The maximum Gasteiger partial charge on any atom is 0.251 e. The molecule has 1 heterocycles. The molecule has 144 valence electrons. The molecule has 1 aliphatic rings. The number of aromatic nitrogens is 1. The second-order valence-corrected chi connectivity index (χ2v) is 6.77. The van der Waals surface area contributed by atoms with Crippen LogP contribution in [0.15, 0.2) is 30.5 Å². The minimum atomic E-state index is -0.257. The van der Waals surface area contributed by atoms with Crippen molar-refractivity contribution in [1.29, 1.82) is 0 Å². The fourth-order valence-electron chi connectivity index (χ4n) is 2.51. The number of rotatable bonds is 9. The van der Waals surface area contributed by atoms with Gasteiger partial charge in [0, 0.05) is 24.4 Å². The largest absolute Gasteiger partial charge is 0.493 e. The van der Waals surface area contributed by atoms with E-state index in [2.05, 4.69) is 10.3 Å². The lowest BCUT2D eigenvalue weighted by Crippen LogP contribution is -2.23. The summed E-state index contributed by atoms with van der Waals surface area (Å²) in [7, 11) is 1.51. The summed E-state index contributed by atoms with van der Waals surface area (Å²) in [6.45, 7) is 3.38. The van der Waals surface area contributed by atoms with E-state index in [0.29, 0.717) is 47.0 Å². The quantitative estimate of drug-likeness (QED) is 0.704. The van der Waals surface area contributed by atoms with Crippen molar-refractivity contribution >= 4 is 17.5 Å². The number of amides is 1. The van der Waals surface area contributed by atoms with Gasteiger partial charge >= 0.3 is 0 Å². The van der Waals surface area contributed by atoms with E-state index in [1.165, 1.54) is 20.0 Å². The van der Waals surface area contributed by atoms with Gasteiger partial charge in [-0.2, -0.15) is 0 Å². The lowest BCUT2D eigenvalue weighted by molar-refractivity contribution is 0.0950. The maximum atomic E-state index is 12.4. The van der Waals surface area contributed by atoms with Gasteiger partial charge in [-0.3, -0.25) is 4.79 Å². The fraction of sp³-hybridized carbons (Fsp3) is 0.400. The number of hydrogen-bond acceptors (Lipinski definition) is 5. The summed E-state index contributed by atoms with van der Waals surface area (Å²) >= 11 is 6.22. The number of nitrogens with one attached hydrogen (secondary N) is 1. The molecule has 3 rings (SSSR count). The average Bonchev–Trinajstić information content (AvgIpc) is 3.51. The van der Waals surface area contributed by atoms with E-state index < -0.39 is 0 Å². The third-order valence-electron chi connectivity index (χ3n) is 4.19. The van der Waals surface area contributed by atoms with Crippen molar-refractivity contribution < 1.29 is 19.0 Å². The first-order valence-corrected chi connectivity index (χ1v) is 9.34. The number of halogens is 1. The monoisotopic (exact) mass is 390 g/mol. The molecule has 1 fully saturated rings. The summed E-state index contributed by atoms with van der Waals surface area (Å²) in [5.41, 5.74) is 1.28. The average molecular weight is 391 g/mol. The number of carbonyl (C=O) groups excluding carboxylic acids is 1. The second-order valence-electron chi connectivity index (χ2n) is 6.36. The van der Waals surface area contributed by atoms with Crippen LogP contribution < -0.4 is 19.5 Å². The SMILES string of the molecule is CCOc1c(Cl)cc(C(=O)NCc2ccc(OCC3CC3)nc2)cc1OC. The minimum Gasteiger partial charge on any atom is -0.493 e. The van der Waals surface area contributed by atoms with Crippen molar-refractivity contribution in [2.45, 2.75) is 26.3 Å². The zero-order valence-corrected chi connectivity index (χ0v) is 16.2. The van der Waals surface area contributed by atoms with Crippen LogP contribution in [-0.4, -0.2) is 31.2 Å². The van der Waals surface area contributed by atoms with Gasteiger partial charge in [0.25, 0.3) is 5.91 Å². The zero-order valence-electron chi connectivity index (χ0n) is 15.5. The lowest BCUT2D eigenvalue weighted by atomic mass is 10.1. The van der Waals surface area contributed by atoms with Crippen LogP contribution in [0.5, 0.6) is 17.4 Å². The number of nitrogens with zero attached hydrogens (tertiary/aromatic N) is 1. The van der Waals surface area contributed by atoms with Gasteiger partial charge in [-0.05, 0) is 43.4 Å². The van der Waals surface area contributed by atoms with Crippen molar-refractivity contribution in [3.63, 3.8) is 0 Å². The van der Waals surface area contributed by atoms with E-state index in [1.54, 1.807) is 18.3 Å². The first-order valence-electron chi connectivity index (χ1n) is 8.97. The molecule has 0 bridgehead atoms. The number of ether oxygens (including phenoxy) is 3. The smallest absolute Gasteiger partial charge is 0.251 e. The molecule has 1 aromatic heterocycles. The Morgan fingerprint density at radius 1 is 1.30 bits per heavy atom. The molecular weight excluding hydrogens is 368 g/mol. The van der Waals surface area contributed by atoms with Gasteiger partial charge < -0.3 is 19.5 Å². The van der Waals surface area contributed by atoms with Crippen LogP contribution in [0.1, 0.15) is 35.7 Å². The van der Waals surface area contributed by atoms with Gasteiger partial charge in [-0.1, -0.05) is 17.7 Å². The van der Waals surface area contributed by atoms with Crippen LogP contribution in [0.4, 0.5) is 0 Å². The highest BCUT2D eigenvalue weighted by Gasteiger charge is 2.22. The van der Waals surface area contributed by atoms with Crippen molar-refractivity contribution in [1.82, 2.24) is 10.3 Å². The number of carbonyl (C=O) groups is 1. The van der Waals surface area contributed by atoms with Gasteiger partial charge in [0.15, 0.2) is 11.5 Å². The predicted molar refractivity (Wildman–Crippen MR) is 103 cm³/mol. The number of hydrogen-bond donors (Lipinski definition) is 1. The van der Waals surface area contributed by atoms with Crippen LogP contribution >= 0.6 is 11.6 Å². The third-order valence-corrected chi connectivity index (χ3v) is 4.48. The summed E-state index contributed by atoms with van der Waals surface area (Å²) in [6.07, 6.45) is 4.18. The molecule has 0 saturated heterocycles. The molecule has 7 heteroatoms. The van der Waals surface area contributed by atoms with Gasteiger partial charge in [0.2, 0.25) is 5.88 Å². The van der Waals surface area contributed by atoms with E-state index in [1.807, 2.05) is 19.1 Å². The number of methoxy groups -OCH3 is 1. The first-order chi connectivity index (χ1) is 13.1. The van der Waals surface area contributed by atoms with Crippen LogP contribution in [0.2, 0.25) is 5.02 Å². The topological polar surface area (TPSA) is 69.7 Å². The van der Waals surface area contributed by atoms with Crippen molar-refractivity contribution in [2.24, 2.45) is 5.92 Å². The second kappa shape index (κ2) is 8.95. The van der Waals surface area contributed by atoms with Crippen LogP contribution in [0, 0.1) is 5.92 Å². The van der Waals surface area contributed by atoms with E-state index in [-0.39, 0.29) is 5.91 Å². The highest BCUT2D eigenvalue weighted by molar-refractivity contribution is 6.32. The van der Waals surface area contributed by atoms with Crippen molar-refractivity contribution in [3.05, 3.63) is 46.6 Å². The Morgan fingerprint density at radius 2 is 2.11 bits per heavy atom. The third kappa shape index (κ3) is 5.26. The zero-order chi connectivity index (χ0) is 19.2. The van der Waals surface area contributed by atoms with E-state index in [0.717, 1.165) is 12.2 Å². The normalized spacial score (nSPS) is 13.1. The van der Waals surface area contributed by atoms with Crippen LogP contribution in [0.3, 0.4) is 0 Å². The number of pyridine rings is 1.